The Balaban J connectivity index is 2.31. The summed E-state index contributed by atoms with van der Waals surface area (Å²) in [6.07, 6.45) is 32.1. The highest BCUT2D eigenvalue weighted by molar-refractivity contribution is 7.47. The molecule has 0 spiro atoms. The number of phosphoric ester groups is 1. The van der Waals surface area contributed by atoms with Gasteiger partial charge in [0.25, 0.3) is 0 Å². The topological polar surface area (TPSA) is 206 Å². The average molecular weight is 947 g/mol. The maximum Gasteiger partial charge on any atom is 0.472 e. The normalized spacial score (nSPS) is 19.3. The van der Waals surface area contributed by atoms with Crippen LogP contribution in [0, 0.1) is 17.8 Å². The minimum absolute atomic E-state index is 0.0352. The Morgan fingerprint density at radius 2 is 1.18 bits per heavy atom. The van der Waals surface area contributed by atoms with Gasteiger partial charge in [0.2, 0.25) is 0 Å². The van der Waals surface area contributed by atoms with Gasteiger partial charge in [-0.05, 0) is 31.6 Å². The van der Waals surface area contributed by atoms with Gasteiger partial charge in [0.05, 0.1) is 32.0 Å². The number of ketones is 1. The van der Waals surface area contributed by atoms with Crippen LogP contribution in [-0.2, 0) is 37.5 Å². The van der Waals surface area contributed by atoms with E-state index in [1.165, 1.54) is 103 Å². The highest BCUT2D eigenvalue weighted by Crippen LogP contribution is 2.43. The van der Waals surface area contributed by atoms with Crippen LogP contribution in [0.1, 0.15) is 226 Å². The van der Waals surface area contributed by atoms with Gasteiger partial charge in [0.15, 0.2) is 6.10 Å². The van der Waals surface area contributed by atoms with Crippen molar-refractivity contribution in [2.45, 2.75) is 251 Å². The summed E-state index contributed by atoms with van der Waals surface area (Å²) >= 11 is 0. The molecule has 0 saturated heterocycles. The predicted octanol–water partition coefficient (Wildman–Crippen LogP) is 11.2. The molecule has 0 amide bonds. The van der Waals surface area contributed by atoms with Crippen molar-refractivity contribution in [3.05, 3.63) is 12.2 Å². The molecule has 0 aromatic heterocycles. The third-order valence-corrected chi connectivity index (χ3v) is 13.8. The average Bonchev–Trinajstić information content (AvgIpc) is 3.56. The number of hydrogen-bond donors (Lipinski definition) is 5. The minimum atomic E-state index is -4.68. The number of carbonyl (C=O) groups is 3. The maximum atomic E-state index is 12.7. The molecule has 14 heteroatoms. The van der Waals surface area contributed by atoms with E-state index in [9.17, 15) is 39.2 Å². The SMILES string of the molecule is CCCCC[C@H](O)/C=C/[C@H]1[C@H](O)CC(=O)[C@@H]1CCCCCCC(=O)OC[C@H](COP(=O)(O)OC[C@@H](O)CO)OC(=O)CCCCCCCCCCCCCCCCCCCCC(C)CC. The van der Waals surface area contributed by atoms with E-state index in [4.69, 9.17) is 23.6 Å². The lowest BCUT2D eigenvalue weighted by molar-refractivity contribution is -0.161. The number of aliphatic hydroxyl groups excluding tert-OH is 4. The van der Waals surface area contributed by atoms with Gasteiger partial charge in [-0.1, -0.05) is 193 Å². The zero-order chi connectivity index (χ0) is 48.0. The molecule has 8 atom stereocenters. The van der Waals surface area contributed by atoms with Crippen LogP contribution in [0.4, 0.5) is 0 Å². The second-order valence-electron chi connectivity index (χ2n) is 18.9. The highest BCUT2D eigenvalue weighted by atomic mass is 31.2. The molecule has 5 N–H and O–H groups in total. The fraction of sp³-hybridized carbons (Fsp3) is 0.902. The van der Waals surface area contributed by atoms with Gasteiger partial charge < -0.3 is 34.8 Å². The Labute approximate surface area is 394 Å². The molecule has 13 nitrogen and oxygen atoms in total. The van der Waals surface area contributed by atoms with Crippen molar-refractivity contribution in [1.82, 2.24) is 0 Å². The molecule has 1 rings (SSSR count). The molecule has 382 valence electrons. The molecule has 0 bridgehead atoms. The Morgan fingerprint density at radius 1 is 0.692 bits per heavy atom. The standard InChI is InChI=1S/C51H95O13P/c1-4-6-25-31-43(53)35-36-47-46(48(55)37-49(47)56)32-27-23-24-28-33-50(57)61-40-45(41-63-65(59,60)62-39-44(54)38-52)64-51(58)34-29-22-20-18-16-14-12-10-8-7-9-11-13-15-17-19-21-26-30-42(3)5-2/h35-36,42-47,49,52-54,56H,4-34,37-41H2,1-3H3,(H,59,60)/b36-35+/t42?,43-,44-,45+,46+,47+,49+/m0/s1. The summed E-state index contributed by atoms with van der Waals surface area (Å²) in [5.74, 6) is -0.758. The molecule has 0 aromatic rings. The maximum absolute atomic E-state index is 12.7. The van der Waals surface area contributed by atoms with Crippen molar-refractivity contribution >= 4 is 25.5 Å². The van der Waals surface area contributed by atoms with E-state index in [1.54, 1.807) is 12.2 Å². The Hall–Kier alpha value is -1.70. The van der Waals surface area contributed by atoms with Gasteiger partial charge in [0.1, 0.15) is 18.5 Å². The van der Waals surface area contributed by atoms with Crippen molar-refractivity contribution in [3.8, 4) is 0 Å². The van der Waals surface area contributed by atoms with Crippen LogP contribution < -0.4 is 0 Å². The number of carbonyl (C=O) groups excluding carboxylic acids is 3. The van der Waals surface area contributed by atoms with Gasteiger partial charge in [0, 0.05) is 31.1 Å². The summed E-state index contributed by atoms with van der Waals surface area (Å²) in [7, 11) is -4.68. The summed E-state index contributed by atoms with van der Waals surface area (Å²) in [6, 6.07) is 0. The number of phosphoric acid groups is 1. The molecule has 1 fully saturated rings. The molecule has 0 aliphatic heterocycles. The van der Waals surface area contributed by atoms with E-state index in [1.807, 2.05) is 0 Å². The summed E-state index contributed by atoms with van der Waals surface area (Å²) in [5.41, 5.74) is 0. The number of unbranched alkanes of at least 4 members (excludes halogenated alkanes) is 22. The molecule has 1 saturated carbocycles. The van der Waals surface area contributed by atoms with Crippen LogP contribution in [0.5, 0.6) is 0 Å². The predicted molar refractivity (Wildman–Crippen MR) is 257 cm³/mol. The lowest BCUT2D eigenvalue weighted by atomic mass is 9.88. The third-order valence-electron chi connectivity index (χ3n) is 12.9. The first-order valence-electron chi connectivity index (χ1n) is 26.1. The monoisotopic (exact) mass is 947 g/mol. The summed E-state index contributed by atoms with van der Waals surface area (Å²) in [5, 5.41) is 39.2. The first kappa shape index (κ1) is 61.3. The van der Waals surface area contributed by atoms with Gasteiger partial charge in [-0.2, -0.15) is 0 Å². The minimum Gasteiger partial charge on any atom is -0.462 e. The molecule has 0 aromatic carbocycles. The molecule has 1 aliphatic rings. The second-order valence-corrected chi connectivity index (χ2v) is 20.4. The zero-order valence-corrected chi connectivity index (χ0v) is 42.0. The van der Waals surface area contributed by atoms with Gasteiger partial charge in [-0.3, -0.25) is 23.4 Å². The summed E-state index contributed by atoms with van der Waals surface area (Å²) in [4.78, 5) is 48.0. The van der Waals surface area contributed by atoms with Crippen LogP contribution in [0.3, 0.4) is 0 Å². The van der Waals surface area contributed by atoms with E-state index in [-0.39, 0.29) is 36.9 Å². The smallest absolute Gasteiger partial charge is 0.462 e. The van der Waals surface area contributed by atoms with Crippen LogP contribution in [0.15, 0.2) is 12.2 Å². The Morgan fingerprint density at radius 3 is 1.72 bits per heavy atom. The first-order valence-corrected chi connectivity index (χ1v) is 27.6. The van der Waals surface area contributed by atoms with Crippen molar-refractivity contribution in [2.24, 2.45) is 17.8 Å². The van der Waals surface area contributed by atoms with E-state index < -0.39 is 70.6 Å². The lowest BCUT2D eigenvalue weighted by Gasteiger charge is -2.20. The van der Waals surface area contributed by atoms with E-state index in [2.05, 4.69) is 20.8 Å². The van der Waals surface area contributed by atoms with Gasteiger partial charge in [-0.15, -0.1) is 0 Å². The highest BCUT2D eigenvalue weighted by Gasteiger charge is 2.39. The van der Waals surface area contributed by atoms with E-state index in [0.29, 0.717) is 32.1 Å². The van der Waals surface area contributed by atoms with Crippen molar-refractivity contribution in [1.29, 1.82) is 0 Å². The summed E-state index contributed by atoms with van der Waals surface area (Å²) in [6.45, 7) is 4.44. The number of hydrogen-bond acceptors (Lipinski definition) is 12. The van der Waals surface area contributed by atoms with Crippen LogP contribution >= 0.6 is 7.82 Å². The molecule has 65 heavy (non-hydrogen) atoms. The third kappa shape index (κ3) is 34.3. The first-order chi connectivity index (χ1) is 31.3. The van der Waals surface area contributed by atoms with Gasteiger partial charge in [-0.25, -0.2) is 4.57 Å². The number of rotatable bonds is 45. The van der Waals surface area contributed by atoms with Crippen LogP contribution in [0.2, 0.25) is 0 Å². The van der Waals surface area contributed by atoms with E-state index in [0.717, 1.165) is 57.3 Å². The number of ether oxygens (including phenoxy) is 2. The van der Waals surface area contributed by atoms with Crippen molar-refractivity contribution < 1.29 is 62.8 Å². The molecule has 0 heterocycles. The molecular formula is C51H95O13P. The van der Waals surface area contributed by atoms with Crippen LogP contribution in [-0.4, -0.2) is 93.9 Å². The van der Waals surface area contributed by atoms with Crippen molar-refractivity contribution in [2.75, 3.05) is 26.4 Å². The van der Waals surface area contributed by atoms with E-state index >= 15 is 0 Å². The Kier molecular flexibility index (Phi) is 37.9. The van der Waals surface area contributed by atoms with Crippen LogP contribution in [0.25, 0.3) is 0 Å². The quantitative estimate of drug-likeness (QED) is 0.0167. The fourth-order valence-electron chi connectivity index (χ4n) is 8.40. The molecule has 1 aliphatic carbocycles. The van der Waals surface area contributed by atoms with Crippen molar-refractivity contribution in [3.63, 3.8) is 0 Å². The second kappa shape index (κ2) is 40.2. The van der Waals surface area contributed by atoms with Gasteiger partial charge >= 0.3 is 19.8 Å². The number of aliphatic hydroxyl groups is 4. The number of Topliss-reactive ketones (excluding diaryl/α,β-unsaturated/α-hetero) is 1. The summed E-state index contributed by atoms with van der Waals surface area (Å²) < 4.78 is 32.9. The molecule has 0 radical (unpaired) electrons. The largest absolute Gasteiger partial charge is 0.472 e. The lowest BCUT2D eigenvalue weighted by Crippen LogP contribution is -2.29. The molecular weight excluding hydrogens is 852 g/mol. The fourth-order valence-corrected chi connectivity index (χ4v) is 9.19. The Bertz CT molecular complexity index is 1260. The molecule has 2 unspecified atom stereocenters. The number of esters is 2. The zero-order valence-electron chi connectivity index (χ0n) is 41.1.